The van der Waals surface area contributed by atoms with Crippen molar-refractivity contribution < 1.29 is 67.4 Å². The number of carbonyl (C=O) groups excluding carboxylic acids is 1. The normalized spacial score (nSPS) is 23.1. The Morgan fingerprint density at radius 3 is 1.83 bits per heavy atom. The van der Waals surface area contributed by atoms with Gasteiger partial charge in [-0.25, -0.2) is 21.6 Å². The Balaban J connectivity index is 1.52. The number of rotatable bonds is 11. The Morgan fingerprint density at radius 2 is 1.31 bits per heavy atom. The van der Waals surface area contributed by atoms with Gasteiger partial charge in [0.05, 0.1) is 17.4 Å². The van der Waals surface area contributed by atoms with E-state index < -0.39 is 91.4 Å². The van der Waals surface area contributed by atoms with Crippen LogP contribution in [0.15, 0.2) is 71.6 Å². The Bertz CT molecular complexity index is 1850. The summed E-state index contributed by atoms with van der Waals surface area (Å²) in [5, 5.41) is 9.27. The van der Waals surface area contributed by atoms with Crippen LogP contribution < -0.4 is 0 Å². The molecule has 0 heterocycles. The average molecular weight is 765 g/mol. The molecule has 2 aliphatic carbocycles. The topological polar surface area (TPSA) is 97.7 Å². The van der Waals surface area contributed by atoms with Crippen molar-refractivity contribution in [3.05, 3.63) is 101 Å². The molecule has 0 aromatic heterocycles. The molecule has 2 saturated carbocycles. The number of halogens is 9. The molecule has 6 nitrogen and oxygen atoms in total. The van der Waals surface area contributed by atoms with E-state index in [0.29, 0.717) is 49.9 Å². The molecule has 5 rings (SSSR count). The van der Waals surface area contributed by atoms with Crippen LogP contribution in [0, 0.1) is 35.2 Å². The van der Waals surface area contributed by atoms with E-state index in [1.807, 2.05) is 0 Å². The van der Waals surface area contributed by atoms with Gasteiger partial charge in [0.1, 0.15) is 28.0 Å². The van der Waals surface area contributed by atoms with E-state index in [4.69, 9.17) is 0 Å². The van der Waals surface area contributed by atoms with Gasteiger partial charge in [0, 0.05) is 23.5 Å². The Morgan fingerprint density at radius 1 is 0.769 bits per heavy atom. The van der Waals surface area contributed by atoms with E-state index in [0.717, 1.165) is 42.5 Å². The van der Waals surface area contributed by atoms with Gasteiger partial charge in [0.25, 0.3) is 5.60 Å². The van der Waals surface area contributed by atoms with E-state index in [1.165, 1.54) is 0 Å². The molecule has 0 spiro atoms. The molecule has 2 fully saturated rings. The Hall–Kier alpha value is -3.92. The predicted molar refractivity (Wildman–Crippen MR) is 167 cm³/mol. The minimum absolute atomic E-state index is 0.0904. The van der Waals surface area contributed by atoms with Crippen molar-refractivity contribution in [3.63, 3.8) is 0 Å². The summed E-state index contributed by atoms with van der Waals surface area (Å²) in [6.45, 7) is -1.77. The van der Waals surface area contributed by atoms with Crippen molar-refractivity contribution in [2.75, 3.05) is 0 Å². The number of Topliss-reactive ketones (excluding diaryl/α,β-unsaturated/α-hetero) is 1. The van der Waals surface area contributed by atoms with Crippen LogP contribution in [0.5, 0.6) is 0 Å². The Kier molecular flexibility index (Phi) is 10.9. The molecule has 3 aromatic rings. The summed E-state index contributed by atoms with van der Waals surface area (Å²) < 4.78 is 161. The van der Waals surface area contributed by atoms with Crippen LogP contribution in [0.4, 0.5) is 39.5 Å². The van der Waals surface area contributed by atoms with E-state index in [1.54, 1.807) is 0 Å². The quantitative estimate of drug-likeness (QED) is 0.155. The smallest absolute Gasteiger partial charge is 0.430 e. The predicted octanol–water partition coefficient (Wildman–Crippen LogP) is 8.96. The second kappa shape index (κ2) is 14.5. The monoisotopic (exact) mass is 764 g/mol. The molecule has 0 aliphatic heterocycles. The first-order valence-corrected chi connectivity index (χ1v) is 17.8. The lowest BCUT2D eigenvalue weighted by Crippen LogP contribution is -2.56. The van der Waals surface area contributed by atoms with Crippen LogP contribution in [0.1, 0.15) is 68.1 Å². The van der Waals surface area contributed by atoms with Gasteiger partial charge >= 0.3 is 18.3 Å². The number of sulfone groups is 1. The van der Waals surface area contributed by atoms with Gasteiger partial charge in [-0.2, -0.15) is 26.3 Å². The summed E-state index contributed by atoms with van der Waals surface area (Å²) in [4.78, 5) is 24.2. The lowest BCUT2D eigenvalue weighted by molar-refractivity contribution is -0.392. The number of hydrogen-bond donors (Lipinski definition) is 1. The number of carboxylic acids is 1. The van der Waals surface area contributed by atoms with Crippen LogP contribution in [-0.2, 0) is 41.1 Å². The number of carboxylic acid groups (broad SMARTS) is 1. The number of hydrogen-bond acceptors (Lipinski definition) is 5. The van der Waals surface area contributed by atoms with E-state index in [9.17, 15) is 62.6 Å². The second-order valence-electron chi connectivity index (χ2n) is 13.4. The highest BCUT2D eigenvalue weighted by molar-refractivity contribution is 7.92. The zero-order valence-corrected chi connectivity index (χ0v) is 28.1. The minimum atomic E-state index is -6.23. The van der Waals surface area contributed by atoms with E-state index in [-0.39, 0.29) is 41.9 Å². The van der Waals surface area contributed by atoms with Gasteiger partial charge < -0.3 is 9.84 Å². The fraction of sp³-hybridized carbons (Fsp3) is 0.444. The standard InChI is InChI=1S/C36H33F9O6S/c37-26-12-14-27(15-13-26)52(49,50)33(17-16-21(19-33)18-31(46)22-4-6-23(7-5-22)32(47)48)24-8-10-25(11-9-24)34(35(40,41)42,36(43,44)45)51-20-28-29(38)2-1-3-30(28)39/h1-3,8-15,21-23H,4-7,16-20H2,(H,47,48). The highest BCUT2D eigenvalue weighted by Gasteiger charge is 2.73. The van der Waals surface area contributed by atoms with E-state index in [2.05, 4.69) is 4.74 Å². The number of ether oxygens (including phenoxy) is 1. The first-order valence-electron chi connectivity index (χ1n) is 16.3. The van der Waals surface area contributed by atoms with Crippen LogP contribution in [0.3, 0.4) is 0 Å². The second-order valence-corrected chi connectivity index (χ2v) is 15.6. The molecular weight excluding hydrogens is 731 g/mol. The number of carbonyl (C=O) groups is 2. The average Bonchev–Trinajstić information content (AvgIpc) is 3.51. The first-order chi connectivity index (χ1) is 24.2. The Labute approximate surface area is 292 Å². The number of ketones is 1. The fourth-order valence-corrected chi connectivity index (χ4v) is 9.72. The summed E-state index contributed by atoms with van der Waals surface area (Å²) in [5.74, 6) is -6.42. The molecule has 0 saturated heterocycles. The van der Waals surface area contributed by atoms with Crippen molar-refractivity contribution >= 4 is 21.6 Å². The zero-order chi connectivity index (χ0) is 38.3. The third-order valence-electron chi connectivity index (χ3n) is 10.3. The molecule has 16 heteroatoms. The SMILES string of the molecule is O=C(O)C1CCC(C(=O)CC2CCC(c3ccc(C(OCc4c(F)cccc4F)(C(F)(F)F)C(F)(F)F)cc3)(S(=O)(=O)c3ccc(F)cc3)C2)CC1. The highest BCUT2D eigenvalue weighted by atomic mass is 32.2. The highest BCUT2D eigenvalue weighted by Crippen LogP contribution is 2.55. The molecule has 0 amide bonds. The number of benzene rings is 3. The molecule has 3 aromatic carbocycles. The summed E-state index contributed by atoms with van der Waals surface area (Å²) in [7, 11) is -4.54. The first kappa shape index (κ1) is 39.3. The van der Waals surface area contributed by atoms with Crippen LogP contribution in [0.2, 0.25) is 0 Å². The lowest BCUT2D eigenvalue weighted by atomic mass is 9.78. The van der Waals surface area contributed by atoms with E-state index >= 15 is 0 Å². The van der Waals surface area contributed by atoms with Gasteiger partial charge in [-0.1, -0.05) is 30.3 Å². The van der Waals surface area contributed by atoms with Gasteiger partial charge in [-0.3, -0.25) is 9.59 Å². The van der Waals surface area contributed by atoms with Crippen molar-refractivity contribution in [1.29, 1.82) is 0 Å². The van der Waals surface area contributed by atoms with Gasteiger partial charge in [0.2, 0.25) is 0 Å². The van der Waals surface area contributed by atoms with Crippen molar-refractivity contribution in [1.82, 2.24) is 0 Å². The summed E-state index contributed by atoms with van der Waals surface area (Å²) in [6.07, 6.45) is -11.6. The van der Waals surface area contributed by atoms with Gasteiger partial charge in [-0.05, 0) is 92.8 Å². The summed E-state index contributed by atoms with van der Waals surface area (Å²) >= 11 is 0. The maximum atomic E-state index is 14.5. The third-order valence-corrected chi connectivity index (χ3v) is 12.9. The molecule has 52 heavy (non-hydrogen) atoms. The molecule has 2 atom stereocenters. The largest absolute Gasteiger partial charge is 0.481 e. The van der Waals surface area contributed by atoms with Crippen LogP contribution in [-0.4, -0.2) is 37.6 Å². The van der Waals surface area contributed by atoms with Crippen LogP contribution in [0.25, 0.3) is 0 Å². The lowest BCUT2D eigenvalue weighted by Gasteiger charge is -2.38. The third kappa shape index (κ3) is 7.20. The molecule has 1 N–H and O–H groups in total. The maximum absolute atomic E-state index is 14.5. The zero-order valence-electron chi connectivity index (χ0n) is 27.2. The molecular formula is C36H33F9O6S. The summed E-state index contributed by atoms with van der Waals surface area (Å²) in [5.41, 5.74) is -8.01. The number of alkyl halides is 6. The maximum Gasteiger partial charge on any atom is 0.430 e. The number of aliphatic carboxylic acids is 1. The van der Waals surface area contributed by atoms with Gasteiger partial charge in [-0.15, -0.1) is 0 Å². The van der Waals surface area contributed by atoms with Gasteiger partial charge in [0.15, 0.2) is 9.84 Å². The molecule has 2 unspecified atom stereocenters. The summed E-state index contributed by atoms with van der Waals surface area (Å²) in [6, 6.07) is 8.21. The molecule has 2 aliphatic rings. The van der Waals surface area contributed by atoms with Crippen molar-refractivity contribution in [2.45, 2.75) is 85.6 Å². The molecule has 0 radical (unpaired) electrons. The minimum Gasteiger partial charge on any atom is -0.481 e. The van der Waals surface area contributed by atoms with Crippen molar-refractivity contribution in [2.24, 2.45) is 17.8 Å². The van der Waals surface area contributed by atoms with Crippen LogP contribution >= 0.6 is 0 Å². The van der Waals surface area contributed by atoms with Crippen molar-refractivity contribution in [3.8, 4) is 0 Å². The molecule has 282 valence electrons. The fourth-order valence-electron chi connectivity index (χ4n) is 7.49. The molecule has 0 bridgehead atoms.